The van der Waals surface area contributed by atoms with Crippen molar-refractivity contribution in [1.29, 1.82) is 0 Å². The first-order valence-corrected chi connectivity index (χ1v) is 8.08. The van der Waals surface area contributed by atoms with E-state index in [4.69, 9.17) is 0 Å². The van der Waals surface area contributed by atoms with Gasteiger partial charge in [-0.3, -0.25) is 0 Å². The summed E-state index contributed by atoms with van der Waals surface area (Å²) in [6.07, 6.45) is 0.844. The van der Waals surface area contributed by atoms with Crippen molar-refractivity contribution in [2.45, 2.75) is 25.1 Å². The number of halogens is 1. The van der Waals surface area contributed by atoms with Gasteiger partial charge in [-0.05, 0) is 30.7 Å². The molecule has 1 saturated heterocycles. The van der Waals surface area contributed by atoms with Crippen LogP contribution in [0, 0.1) is 5.82 Å². The molecule has 1 N–H and O–H groups in total. The van der Waals surface area contributed by atoms with Crippen molar-refractivity contribution in [3.8, 4) is 0 Å². The summed E-state index contributed by atoms with van der Waals surface area (Å²) in [7, 11) is -3.35. The summed E-state index contributed by atoms with van der Waals surface area (Å²) in [4.78, 5) is 0. The second-order valence-electron chi connectivity index (χ2n) is 4.73. The highest BCUT2D eigenvalue weighted by Crippen LogP contribution is 2.17. The number of likely N-dealkylation sites (N-methyl/N-ethyl adjacent to an activating group) is 1. The van der Waals surface area contributed by atoms with Crippen LogP contribution in [0.1, 0.15) is 18.9 Å². The molecule has 6 heteroatoms. The normalized spacial score (nSPS) is 20.1. The monoisotopic (exact) mass is 286 g/mol. The molecule has 2 rings (SSSR count). The minimum absolute atomic E-state index is 0.0375. The first kappa shape index (κ1) is 14.4. The number of hydrogen-bond donors (Lipinski definition) is 1. The number of nitrogens with zero attached hydrogens (tertiary/aromatic N) is 1. The van der Waals surface area contributed by atoms with E-state index < -0.39 is 10.0 Å². The first-order chi connectivity index (χ1) is 9.03. The Bertz CT molecular complexity index is 510. The van der Waals surface area contributed by atoms with E-state index in [1.165, 1.54) is 24.3 Å². The third kappa shape index (κ3) is 3.52. The van der Waals surface area contributed by atoms with Gasteiger partial charge in [0.05, 0.1) is 5.75 Å². The molecule has 0 bridgehead atoms. The summed E-state index contributed by atoms with van der Waals surface area (Å²) in [5.41, 5.74) is 0.616. The minimum Gasteiger partial charge on any atom is -0.315 e. The first-order valence-electron chi connectivity index (χ1n) is 6.47. The highest BCUT2D eigenvalue weighted by molar-refractivity contribution is 7.88. The summed E-state index contributed by atoms with van der Waals surface area (Å²) >= 11 is 0. The Morgan fingerprint density at radius 2 is 2.05 bits per heavy atom. The molecule has 1 aliphatic heterocycles. The van der Waals surface area contributed by atoms with Crippen molar-refractivity contribution in [1.82, 2.24) is 9.62 Å². The molecule has 1 atom stereocenters. The molecule has 1 fully saturated rings. The van der Waals surface area contributed by atoms with E-state index in [-0.39, 0.29) is 17.6 Å². The lowest BCUT2D eigenvalue weighted by atomic mass is 10.2. The largest absolute Gasteiger partial charge is 0.315 e. The number of sulfonamides is 1. The van der Waals surface area contributed by atoms with Crippen LogP contribution in [0.25, 0.3) is 0 Å². The van der Waals surface area contributed by atoms with Gasteiger partial charge in [0, 0.05) is 19.1 Å². The molecule has 0 aliphatic carbocycles. The molecule has 106 valence electrons. The molecule has 1 aromatic carbocycles. The average Bonchev–Trinajstić information content (AvgIpc) is 2.86. The van der Waals surface area contributed by atoms with Gasteiger partial charge in [0.15, 0.2) is 0 Å². The quantitative estimate of drug-likeness (QED) is 0.888. The van der Waals surface area contributed by atoms with Crippen LogP contribution in [0.4, 0.5) is 4.39 Å². The summed E-state index contributed by atoms with van der Waals surface area (Å²) in [5, 5.41) is 3.17. The smallest absolute Gasteiger partial charge is 0.218 e. The predicted molar refractivity (Wildman–Crippen MR) is 72.7 cm³/mol. The fourth-order valence-electron chi connectivity index (χ4n) is 2.44. The van der Waals surface area contributed by atoms with E-state index in [2.05, 4.69) is 5.32 Å². The number of rotatable bonds is 5. The molecule has 0 spiro atoms. The van der Waals surface area contributed by atoms with E-state index >= 15 is 0 Å². The van der Waals surface area contributed by atoms with Gasteiger partial charge in [-0.25, -0.2) is 12.8 Å². The zero-order chi connectivity index (χ0) is 13.9. The number of hydrogen-bond acceptors (Lipinski definition) is 3. The average molecular weight is 286 g/mol. The SMILES string of the molecule is CCN(C1CCNC1)S(=O)(=O)Cc1ccc(F)cc1. The Balaban J connectivity index is 2.13. The van der Waals surface area contributed by atoms with Crippen LogP contribution in [0.15, 0.2) is 24.3 Å². The van der Waals surface area contributed by atoms with Crippen LogP contribution in [-0.4, -0.2) is 38.4 Å². The van der Waals surface area contributed by atoms with Crippen LogP contribution in [-0.2, 0) is 15.8 Å². The van der Waals surface area contributed by atoms with Crippen molar-refractivity contribution in [3.05, 3.63) is 35.6 Å². The summed E-state index contributed by atoms with van der Waals surface area (Å²) in [6, 6.07) is 5.66. The molecule has 1 unspecified atom stereocenters. The molecular weight excluding hydrogens is 267 g/mol. The maximum atomic E-state index is 12.8. The molecular formula is C13H19FN2O2S. The fourth-order valence-corrected chi connectivity index (χ4v) is 4.25. The molecule has 0 radical (unpaired) electrons. The second-order valence-corrected chi connectivity index (χ2v) is 6.65. The van der Waals surface area contributed by atoms with Gasteiger partial charge < -0.3 is 5.32 Å². The van der Waals surface area contributed by atoms with Crippen molar-refractivity contribution in [2.24, 2.45) is 0 Å². The molecule has 1 heterocycles. The van der Waals surface area contributed by atoms with E-state index in [9.17, 15) is 12.8 Å². The fraction of sp³-hybridized carbons (Fsp3) is 0.538. The van der Waals surface area contributed by atoms with Gasteiger partial charge in [0.2, 0.25) is 10.0 Å². The Morgan fingerprint density at radius 1 is 1.37 bits per heavy atom. The van der Waals surface area contributed by atoms with E-state index in [0.717, 1.165) is 13.0 Å². The molecule has 0 aromatic heterocycles. The zero-order valence-corrected chi connectivity index (χ0v) is 11.8. The maximum absolute atomic E-state index is 12.8. The maximum Gasteiger partial charge on any atom is 0.218 e. The predicted octanol–water partition coefficient (Wildman–Crippen LogP) is 1.34. The van der Waals surface area contributed by atoms with Gasteiger partial charge in [-0.2, -0.15) is 4.31 Å². The Kier molecular flexibility index (Phi) is 4.54. The standard InChI is InChI=1S/C13H19FN2O2S/c1-2-16(13-7-8-15-9-13)19(17,18)10-11-3-5-12(14)6-4-11/h3-6,13,15H,2,7-10H2,1H3. The molecule has 0 amide bonds. The lowest BCUT2D eigenvalue weighted by Crippen LogP contribution is -2.41. The van der Waals surface area contributed by atoms with Gasteiger partial charge in [-0.1, -0.05) is 19.1 Å². The van der Waals surface area contributed by atoms with Crippen molar-refractivity contribution in [3.63, 3.8) is 0 Å². The number of benzene rings is 1. The molecule has 4 nitrogen and oxygen atoms in total. The highest BCUT2D eigenvalue weighted by atomic mass is 32.2. The zero-order valence-electron chi connectivity index (χ0n) is 11.0. The lowest BCUT2D eigenvalue weighted by Gasteiger charge is -2.26. The lowest BCUT2D eigenvalue weighted by molar-refractivity contribution is 0.348. The third-order valence-corrected chi connectivity index (χ3v) is 5.34. The molecule has 1 aromatic rings. The van der Waals surface area contributed by atoms with Crippen molar-refractivity contribution in [2.75, 3.05) is 19.6 Å². The molecule has 0 saturated carbocycles. The number of nitrogens with one attached hydrogen (secondary N) is 1. The van der Waals surface area contributed by atoms with Gasteiger partial charge >= 0.3 is 0 Å². The van der Waals surface area contributed by atoms with Crippen LogP contribution in [0.2, 0.25) is 0 Å². The summed E-state index contributed by atoms with van der Waals surface area (Å²) in [5.74, 6) is -0.425. The van der Waals surface area contributed by atoms with Gasteiger partial charge in [0.1, 0.15) is 5.82 Å². The van der Waals surface area contributed by atoms with Crippen LogP contribution in [0.3, 0.4) is 0 Å². The second kappa shape index (κ2) is 5.98. The van der Waals surface area contributed by atoms with E-state index in [0.29, 0.717) is 18.7 Å². The van der Waals surface area contributed by atoms with E-state index in [1.54, 1.807) is 4.31 Å². The van der Waals surface area contributed by atoms with Crippen molar-refractivity contribution >= 4 is 10.0 Å². The van der Waals surface area contributed by atoms with Gasteiger partial charge in [0.25, 0.3) is 0 Å². The minimum atomic E-state index is -3.35. The molecule has 1 aliphatic rings. The Morgan fingerprint density at radius 3 is 2.58 bits per heavy atom. The summed E-state index contributed by atoms with van der Waals surface area (Å²) < 4.78 is 39.2. The Hall–Kier alpha value is -0.980. The van der Waals surface area contributed by atoms with Gasteiger partial charge in [-0.15, -0.1) is 0 Å². The van der Waals surface area contributed by atoms with Crippen molar-refractivity contribution < 1.29 is 12.8 Å². The Labute approximate surface area is 113 Å². The summed E-state index contributed by atoms with van der Waals surface area (Å²) in [6.45, 7) is 3.88. The van der Waals surface area contributed by atoms with E-state index in [1.807, 2.05) is 6.92 Å². The topological polar surface area (TPSA) is 49.4 Å². The third-order valence-electron chi connectivity index (χ3n) is 3.37. The van der Waals surface area contributed by atoms with Crippen LogP contribution >= 0.6 is 0 Å². The van der Waals surface area contributed by atoms with Crippen LogP contribution in [0.5, 0.6) is 0 Å². The van der Waals surface area contributed by atoms with Crippen LogP contribution < -0.4 is 5.32 Å². The highest BCUT2D eigenvalue weighted by Gasteiger charge is 2.30. The molecule has 19 heavy (non-hydrogen) atoms.